The van der Waals surface area contributed by atoms with Gasteiger partial charge in [-0.25, -0.2) is 0 Å². The van der Waals surface area contributed by atoms with Crippen molar-refractivity contribution in [1.29, 1.82) is 0 Å². The lowest BCUT2D eigenvalue weighted by Gasteiger charge is -2.34. The van der Waals surface area contributed by atoms with E-state index in [0.29, 0.717) is 11.5 Å². The standard InChI is InChI=1S/C19H27N3O2/c1-13-7-8-16(18(23)20-2)17(21-13)14-9-11-22(12-10-14)19(24)15-5-3-4-6-15/h7-8,14-15H,3-6,9-12H2,1-2H3,(H,20,23). The zero-order valence-corrected chi connectivity index (χ0v) is 14.7. The third kappa shape index (κ3) is 3.45. The summed E-state index contributed by atoms with van der Waals surface area (Å²) in [5.41, 5.74) is 2.49. The number of nitrogens with zero attached hydrogens (tertiary/aromatic N) is 2. The maximum Gasteiger partial charge on any atom is 0.252 e. The number of likely N-dealkylation sites (tertiary alicyclic amines) is 1. The van der Waals surface area contributed by atoms with E-state index in [1.54, 1.807) is 7.05 Å². The van der Waals surface area contributed by atoms with Crippen molar-refractivity contribution in [3.8, 4) is 0 Å². The van der Waals surface area contributed by atoms with Gasteiger partial charge in [-0.05, 0) is 44.7 Å². The molecule has 1 aliphatic heterocycles. The molecular weight excluding hydrogens is 302 g/mol. The Balaban J connectivity index is 1.69. The van der Waals surface area contributed by atoms with Crippen molar-refractivity contribution >= 4 is 11.8 Å². The van der Waals surface area contributed by atoms with Gasteiger partial charge >= 0.3 is 0 Å². The third-order valence-corrected chi connectivity index (χ3v) is 5.43. The maximum atomic E-state index is 12.6. The zero-order chi connectivity index (χ0) is 17.1. The van der Waals surface area contributed by atoms with Gasteiger partial charge in [-0.15, -0.1) is 0 Å². The Morgan fingerprint density at radius 1 is 1.12 bits per heavy atom. The number of hydrogen-bond acceptors (Lipinski definition) is 3. The third-order valence-electron chi connectivity index (χ3n) is 5.43. The first kappa shape index (κ1) is 16.9. The molecule has 24 heavy (non-hydrogen) atoms. The van der Waals surface area contributed by atoms with Gasteiger partial charge in [0.05, 0.1) is 11.3 Å². The van der Waals surface area contributed by atoms with Crippen molar-refractivity contribution in [2.45, 2.75) is 51.4 Å². The average molecular weight is 329 g/mol. The highest BCUT2D eigenvalue weighted by Crippen LogP contribution is 2.32. The van der Waals surface area contributed by atoms with Crippen LogP contribution in [0.25, 0.3) is 0 Å². The highest BCUT2D eigenvalue weighted by Gasteiger charge is 2.31. The Morgan fingerprint density at radius 3 is 2.42 bits per heavy atom. The molecule has 130 valence electrons. The van der Waals surface area contributed by atoms with Gasteiger partial charge in [0.1, 0.15) is 0 Å². The van der Waals surface area contributed by atoms with Crippen LogP contribution in [0, 0.1) is 12.8 Å². The molecule has 1 saturated carbocycles. The van der Waals surface area contributed by atoms with Gasteiger partial charge in [0, 0.05) is 37.7 Å². The van der Waals surface area contributed by atoms with E-state index in [0.717, 1.165) is 50.2 Å². The van der Waals surface area contributed by atoms with Gasteiger partial charge in [0.15, 0.2) is 0 Å². The molecule has 1 aliphatic carbocycles. The summed E-state index contributed by atoms with van der Waals surface area (Å²) < 4.78 is 0. The number of pyridine rings is 1. The van der Waals surface area contributed by atoms with Crippen LogP contribution in [0.15, 0.2) is 12.1 Å². The average Bonchev–Trinajstić information content (AvgIpc) is 3.15. The highest BCUT2D eigenvalue weighted by atomic mass is 16.2. The minimum absolute atomic E-state index is 0.0815. The Hall–Kier alpha value is -1.91. The van der Waals surface area contributed by atoms with Crippen LogP contribution in [-0.4, -0.2) is 41.8 Å². The first-order valence-corrected chi connectivity index (χ1v) is 9.08. The van der Waals surface area contributed by atoms with Crippen LogP contribution >= 0.6 is 0 Å². The fraction of sp³-hybridized carbons (Fsp3) is 0.632. The monoisotopic (exact) mass is 329 g/mol. The quantitative estimate of drug-likeness (QED) is 0.927. The second-order valence-corrected chi connectivity index (χ2v) is 7.05. The number of amides is 2. The smallest absolute Gasteiger partial charge is 0.252 e. The van der Waals surface area contributed by atoms with Gasteiger partial charge in [0.2, 0.25) is 5.91 Å². The largest absolute Gasteiger partial charge is 0.355 e. The minimum Gasteiger partial charge on any atom is -0.355 e. The van der Waals surface area contributed by atoms with Crippen LogP contribution in [0.3, 0.4) is 0 Å². The van der Waals surface area contributed by atoms with Gasteiger partial charge in [-0.3, -0.25) is 14.6 Å². The summed E-state index contributed by atoms with van der Waals surface area (Å²) in [5.74, 6) is 0.765. The van der Waals surface area contributed by atoms with Gasteiger partial charge < -0.3 is 10.2 Å². The van der Waals surface area contributed by atoms with E-state index in [1.165, 1.54) is 12.8 Å². The molecule has 1 saturated heterocycles. The number of aromatic nitrogens is 1. The molecule has 0 unspecified atom stereocenters. The first-order chi connectivity index (χ1) is 11.6. The lowest BCUT2D eigenvalue weighted by Crippen LogP contribution is -2.41. The Labute approximate surface area is 143 Å². The normalized spacial score (nSPS) is 19.5. The van der Waals surface area contributed by atoms with Gasteiger partial charge in [0.25, 0.3) is 5.91 Å². The minimum atomic E-state index is -0.0815. The molecule has 5 nitrogen and oxygen atoms in total. The first-order valence-electron chi connectivity index (χ1n) is 9.08. The van der Waals surface area contributed by atoms with E-state index in [4.69, 9.17) is 0 Å². The number of rotatable bonds is 3. The Morgan fingerprint density at radius 2 is 1.79 bits per heavy atom. The second kappa shape index (κ2) is 7.32. The summed E-state index contributed by atoms with van der Waals surface area (Å²) in [6.07, 6.45) is 6.26. The second-order valence-electron chi connectivity index (χ2n) is 7.05. The molecule has 3 rings (SSSR count). The van der Waals surface area contributed by atoms with Crippen LogP contribution < -0.4 is 5.32 Å². The Bertz CT molecular complexity index is 615. The summed E-state index contributed by atoms with van der Waals surface area (Å²) in [6.45, 7) is 3.52. The number of aryl methyl sites for hydroxylation is 1. The summed E-state index contributed by atoms with van der Waals surface area (Å²) in [6, 6.07) is 3.75. The predicted molar refractivity (Wildman–Crippen MR) is 92.9 cm³/mol. The van der Waals surface area contributed by atoms with E-state index < -0.39 is 0 Å². The van der Waals surface area contributed by atoms with Crippen molar-refractivity contribution in [2.75, 3.05) is 20.1 Å². The molecule has 0 aromatic carbocycles. The molecule has 0 radical (unpaired) electrons. The summed E-state index contributed by atoms with van der Waals surface area (Å²) in [4.78, 5) is 31.4. The molecular formula is C19H27N3O2. The lowest BCUT2D eigenvalue weighted by atomic mass is 9.89. The van der Waals surface area contributed by atoms with Crippen LogP contribution in [0.2, 0.25) is 0 Å². The van der Waals surface area contributed by atoms with Crippen molar-refractivity contribution in [1.82, 2.24) is 15.2 Å². The molecule has 0 bridgehead atoms. The van der Waals surface area contributed by atoms with E-state index >= 15 is 0 Å². The van der Waals surface area contributed by atoms with E-state index in [2.05, 4.69) is 10.3 Å². The number of carbonyl (C=O) groups is 2. The molecule has 0 atom stereocenters. The SMILES string of the molecule is CNC(=O)c1ccc(C)nc1C1CCN(C(=O)C2CCCC2)CC1. The van der Waals surface area contributed by atoms with Crippen LogP contribution in [0.1, 0.15) is 66.2 Å². The predicted octanol–water partition coefficient (Wildman–Crippen LogP) is 2.65. The molecule has 2 heterocycles. The zero-order valence-electron chi connectivity index (χ0n) is 14.7. The van der Waals surface area contributed by atoms with Crippen molar-refractivity contribution in [2.24, 2.45) is 5.92 Å². The summed E-state index contributed by atoms with van der Waals surface area (Å²) >= 11 is 0. The maximum absolute atomic E-state index is 12.6. The number of hydrogen-bond donors (Lipinski definition) is 1. The molecule has 2 aliphatic rings. The molecule has 5 heteroatoms. The highest BCUT2D eigenvalue weighted by molar-refractivity contribution is 5.95. The molecule has 0 spiro atoms. The fourth-order valence-corrected chi connectivity index (χ4v) is 4.02. The van der Waals surface area contributed by atoms with Gasteiger partial charge in [-0.1, -0.05) is 12.8 Å². The molecule has 1 aromatic rings. The number of nitrogens with one attached hydrogen (secondary N) is 1. The van der Waals surface area contributed by atoms with E-state index in [1.807, 2.05) is 24.0 Å². The van der Waals surface area contributed by atoms with E-state index in [-0.39, 0.29) is 17.7 Å². The topological polar surface area (TPSA) is 62.3 Å². The number of carbonyl (C=O) groups excluding carboxylic acids is 2. The number of piperidine rings is 1. The Kier molecular flexibility index (Phi) is 5.17. The molecule has 2 amide bonds. The van der Waals surface area contributed by atoms with Crippen molar-refractivity contribution in [3.63, 3.8) is 0 Å². The van der Waals surface area contributed by atoms with Crippen molar-refractivity contribution < 1.29 is 9.59 Å². The molecule has 2 fully saturated rings. The van der Waals surface area contributed by atoms with E-state index in [9.17, 15) is 9.59 Å². The van der Waals surface area contributed by atoms with Crippen LogP contribution in [0.4, 0.5) is 0 Å². The summed E-state index contributed by atoms with van der Waals surface area (Å²) in [7, 11) is 1.65. The van der Waals surface area contributed by atoms with Crippen molar-refractivity contribution in [3.05, 3.63) is 29.1 Å². The van der Waals surface area contributed by atoms with Gasteiger partial charge in [-0.2, -0.15) is 0 Å². The fourth-order valence-electron chi connectivity index (χ4n) is 4.02. The molecule has 1 aromatic heterocycles. The lowest BCUT2D eigenvalue weighted by molar-refractivity contribution is -0.136. The van der Waals surface area contributed by atoms with Crippen LogP contribution in [-0.2, 0) is 4.79 Å². The summed E-state index contributed by atoms with van der Waals surface area (Å²) in [5, 5.41) is 2.70. The van der Waals surface area contributed by atoms with Crippen LogP contribution in [0.5, 0.6) is 0 Å². The molecule has 1 N–H and O–H groups in total.